The number of nitrogens with zero attached hydrogens (tertiary/aromatic N) is 6. The lowest BCUT2D eigenvalue weighted by molar-refractivity contribution is -0.131. The number of carbonyl (C=O) groups excluding carboxylic acids is 1. The summed E-state index contributed by atoms with van der Waals surface area (Å²) in [5.41, 5.74) is 4.55. The van der Waals surface area contributed by atoms with Gasteiger partial charge in [-0.1, -0.05) is 24.6 Å². The molecular formula is C28H42N8O2. The van der Waals surface area contributed by atoms with Crippen LogP contribution in [0.3, 0.4) is 0 Å². The Balaban J connectivity index is 0.00000161. The average Bonchev–Trinajstić information content (AvgIpc) is 3.55. The Hall–Kier alpha value is -3.68. The van der Waals surface area contributed by atoms with E-state index in [-0.39, 0.29) is 5.91 Å². The lowest BCUT2D eigenvalue weighted by atomic mass is 10.1. The molecule has 10 nitrogen and oxygen atoms in total. The SMILES string of the molecule is C#CC.CCCN(CC1CCCN1CCc1ccc2nonc2c1)C(=O)C/C(C)=C/C=C(\C)N(N)/C=N\N. The first-order valence-electron chi connectivity index (χ1n) is 13.0. The first kappa shape index (κ1) is 30.5. The highest BCUT2D eigenvalue weighted by molar-refractivity contribution is 5.78. The molecule has 0 radical (unpaired) electrons. The number of hydrazone groups is 1. The van der Waals surface area contributed by atoms with Gasteiger partial charge in [0, 0.05) is 37.8 Å². The Bertz CT molecular complexity index is 1150. The second-order valence-electron chi connectivity index (χ2n) is 9.47. The highest BCUT2D eigenvalue weighted by atomic mass is 16.6. The van der Waals surface area contributed by atoms with Crippen LogP contribution < -0.4 is 11.7 Å². The molecule has 1 aromatic heterocycles. The number of amides is 1. The van der Waals surface area contributed by atoms with Gasteiger partial charge in [0.25, 0.3) is 0 Å². The van der Waals surface area contributed by atoms with Gasteiger partial charge in [-0.2, -0.15) is 5.10 Å². The molecule has 206 valence electrons. The van der Waals surface area contributed by atoms with E-state index in [1.165, 1.54) is 16.9 Å². The molecule has 38 heavy (non-hydrogen) atoms. The van der Waals surface area contributed by atoms with Gasteiger partial charge in [-0.3, -0.25) is 14.7 Å². The Morgan fingerprint density at radius 2 is 2.05 bits per heavy atom. The first-order valence-corrected chi connectivity index (χ1v) is 13.0. The third kappa shape index (κ3) is 9.65. The maximum atomic E-state index is 13.1. The van der Waals surface area contributed by atoms with Crippen molar-refractivity contribution in [2.24, 2.45) is 16.8 Å². The van der Waals surface area contributed by atoms with E-state index in [4.69, 9.17) is 16.3 Å². The van der Waals surface area contributed by atoms with Crippen molar-refractivity contribution in [3.8, 4) is 12.3 Å². The van der Waals surface area contributed by atoms with Gasteiger partial charge in [0.15, 0.2) is 0 Å². The number of likely N-dealkylation sites (tertiary alicyclic amines) is 1. The molecule has 1 fully saturated rings. The predicted molar refractivity (Wildman–Crippen MR) is 152 cm³/mol. The minimum Gasteiger partial charge on any atom is -0.341 e. The number of allylic oxidation sites excluding steroid dienone is 3. The Morgan fingerprint density at radius 1 is 1.32 bits per heavy atom. The lowest BCUT2D eigenvalue weighted by Crippen LogP contribution is -2.44. The first-order chi connectivity index (χ1) is 18.3. The van der Waals surface area contributed by atoms with Gasteiger partial charge in [-0.05, 0) is 87.1 Å². The Morgan fingerprint density at radius 3 is 2.76 bits per heavy atom. The molecule has 1 saturated heterocycles. The van der Waals surface area contributed by atoms with Crippen LogP contribution in [0.2, 0.25) is 0 Å². The molecule has 2 heterocycles. The summed E-state index contributed by atoms with van der Waals surface area (Å²) in [6.07, 6.45) is 14.2. The fourth-order valence-electron chi connectivity index (χ4n) is 4.42. The van der Waals surface area contributed by atoms with E-state index in [9.17, 15) is 4.79 Å². The summed E-state index contributed by atoms with van der Waals surface area (Å²) in [6, 6.07) is 6.47. The van der Waals surface area contributed by atoms with E-state index in [0.717, 1.165) is 74.2 Å². The number of carbonyl (C=O) groups is 1. The third-order valence-electron chi connectivity index (χ3n) is 6.42. The van der Waals surface area contributed by atoms with Crippen LogP contribution in [0.25, 0.3) is 11.0 Å². The summed E-state index contributed by atoms with van der Waals surface area (Å²) < 4.78 is 4.81. The van der Waals surface area contributed by atoms with Crippen molar-refractivity contribution in [3.63, 3.8) is 0 Å². The number of aromatic nitrogens is 2. The summed E-state index contributed by atoms with van der Waals surface area (Å²) in [4.78, 5) is 17.7. The lowest BCUT2D eigenvalue weighted by Gasteiger charge is -2.31. The normalized spacial score (nSPS) is 16.4. The maximum absolute atomic E-state index is 13.1. The average molecular weight is 523 g/mol. The van der Waals surface area contributed by atoms with Crippen molar-refractivity contribution in [1.82, 2.24) is 25.1 Å². The molecule has 1 amide bonds. The molecule has 1 unspecified atom stereocenters. The summed E-state index contributed by atoms with van der Waals surface area (Å²) in [7, 11) is 0. The van der Waals surface area contributed by atoms with Crippen molar-refractivity contribution < 1.29 is 9.42 Å². The van der Waals surface area contributed by atoms with Gasteiger partial charge in [0.2, 0.25) is 5.91 Å². The number of benzene rings is 1. The Labute approximate surface area is 226 Å². The van der Waals surface area contributed by atoms with Crippen molar-refractivity contribution in [3.05, 3.63) is 47.2 Å². The summed E-state index contributed by atoms with van der Waals surface area (Å²) in [6.45, 7) is 11.1. The second-order valence-corrected chi connectivity index (χ2v) is 9.47. The molecule has 0 saturated carbocycles. The van der Waals surface area contributed by atoms with Gasteiger partial charge >= 0.3 is 0 Å². The van der Waals surface area contributed by atoms with E-state index >= 15 is 0 Å². The van der Waals surface area contributed by atoms with Gasteiger partial charge in [0.05, 0.1) is 0 Å². The van der Waals surface area contributed by atoms with Gasteiger partial charge < -0.3 is 10.7 Å². The van der Waals surface area contributed by atoms with Gasteiger partial charge in [0.1, 0.15) is 17.4 Å². The maximum Gasteiger partial charge on any atom is 0.226 e. The fraction of sp³-hybridized carbons (Fsp3) is 0.500. The molecule has 1 atom stereocenters. The van der Waals surface area contributed by atoms with E-state index in [1.54, 1.807) is 6.92 Å². The van der Waals surface area contributed by atoms with Crippen molar-refractivity contribution in [1.29, 1.82) is 0 Å². The topological polar surface area (TPSA) is 130 Å². The number of fused-ring (bicyclic) bond motifs is 1. The standard InChI is InChI=1S/C25H38N8O2.C3H4/c1-4-12-32(25(34)15-19(2)7-8-20(3)33(27)18-28-26)17-22-6-5-13-31(22)14-11-21-9-10-23-24(16-21)30-35-29-23;1-3-2/h7-10,16,18,22H,4-6,11-15,17,26-27H2,1-3H3;1H,2H3/b19-7+,20-8+,28-18-;. The van der Waals surface area contributed by atoms with Crippen LogP contribution >= 0.6 is 0 Å². The minimum absolute atomic E-state index is 0.163. The number of terminal acetylenes is 1. The zero-order valence-corrected chi connectivity index (χ0v) is 23.1. The molecule has 4 N–H and O–H groups in total. The summed E-state index contributed by atoms with van der Waals surface area (Å²) >= 11 is 0. The number of hydrogen-bond acceptors (Lipinski definition) is 8. The van der Waals surface area contributed by atoms with E-state index in [2.05, 4.69) is 45.6 Å². The molecule has 0 spiro atoms. The van der Waals surface area contributed by atoms with Gasteiger partial charge in [-0.15, -0.1) is 12.3 Å². The number of rotatable bonds is 12. The Kier molecular flexibility index (Phi) is 13.0. The molecule has 1 aliphatic rings. The highest BCUT2D eigenvalue weighted by Gasteiger charge is 2.27. The number of hydrogen-bond donors (Lipinski definition) is 2. The molecular weight excluding hydrogens is 480 g/mol. The molecule has 2 aromatic rings. The zero-order chi connectivity index (χ0) is 27.9. The largest absolute Gasteiger partial charge is 0.341 e. The van der Waals surface area contributed by atoms with E-state index in [0.29, 0.717) is 12.5 Å². The quantitative estimate of drug-likeness (QED) is 0.108. The number of nitrogens with two attached hydrogens (primary N) is 2. The highest BCUT2D eigenvalue weighted by Crippen LogP contribution is 2.21. The number of hydrazine groups is 1. The predicted octanol–water partition coefficient (Wildman–Crippen LogP) is 3.43. The van der Waals surface area contributed by atoms with Crippen LogP contribution in [-0.4, -0.2) is 69.6 Å². The van der Waals surface area contributed by atoms with Crippen LogP contribution in [0.15, 0.2) is 51.4 Å². The van der Waals surface area contributed by atoms with Crippen LogP contribution in [0.4, 0.5) is 0 Å². The molecule has 0 aliphatic carbocycles. The van der Waals surface area contributed by atoms with Crippen molar-refractivity contribution >= 4 is 23.3 Å². The third-order valence-corrected chi connectivity index (χ3v) is 6.42. The molecule has 3 rings (SSSR count). The molecule has 10 heteroatoms. The van der Waals surface area contributed by atoms with Gasteiger partial charge in [-0.25, -0.2) is 10.5 Å². The van der Waals surface area contributed by atoms with E-state index in [1.807, 2.05) is 43.0 Å². The van der Waals surface area contributed by atoms with Crippen LogP contribution in [-0.2, 0) is 11.2 Å². The molecule has 1 aliphatic heterocycles. The van der Waals surface area contributed by atoms with Crippen molar-refractivity contribution in [2.45, 2.75) is 65.8 Å². The van der Waals surface area contributed by atoms with Crippen LogP contribution in [0, 0.1) is 12.3 Å². The smallest absolute Gasteiger partial charge is 0.226 e. The summed E-state index contributed by atoms with van der Waals surface area (Å²) in [5.74, 6) is 13.4. The van der Waals surface area contributed by atoms with E-state index < -0.39 is 0 Å². The van der Waals surface area contributed by atoms with Crippen LogP contribution in [0.5, 0.6) is 0 Å². The molecule has 0 bridgehead atoms. The minimum atomic E-state index is 0.163. The molecule has 1 aromatic carbocycles. The summed E-state index contributed by atoms with van der Waals surface area (Å²) in [5, 5.41) is 12.6. The van der Waals surface area contributed by atoms with Crippen molar-refractivity contribution in [2.75, 3.05) is 26.2 Å². The second kappa shape index (κ2) is 16.2. The van der Waals surface area contributed by atoms with Crippen LogP contribution in [0.1, 0.15) is 58.9 Å². The fourth-order valence-corrected chi connectivity index (χ4v) is 4.42. The zero-order valence-electron chi connectivity index (χ0n) is 23.1. The monoisotopic (exact) mass is 522 g/mol.